The summed E-state index contributed by atoms with van der Waals surface area (Å²) in [6, 6.07) is 6.85. The first-order valence-electron chi connectivity index (χ1n) is 7.41. The van der Waals surface area contributed by atoms with Crippen molar-refractivity contribution in [3.63, 3.8) is 0 Å². The zero-order valence-corrected chi connectivity index (χ0v) is 17.1. The topological polar surface area (TPSA) is 96.2 Å². The van der Waals surface area contributed by atoms with Gasteiger partial charge in [-0.1, -0.05) is 11.6 Å². The molecule has 0 aliphatic rings. The summed E-state index contributed by atoms with van der Waals surface area (Å²) in [6.07, 6.45) is 0.433. The molecule has 0 aliphatic carbocycles. The van der Waals surface area contributed by atoms with Crippen LogP contribution in [0, 0.1) is 15.2 Å². The Morgan fingerprint density at radius 1 is 1.15 bits per heavy atom. The molecule has 2 aromatic carbocycles. The second-order valence-corrected chi connectivity index (χ2v) is 8.33. The normalized spacial score (nSPS) is 11.4. The van der Waals surface area contributed by atoms with Crippen LogP contribution >= 0.6 is 34.2 Å². The lowest BCUT2D eigenvalue weighted by molar-refractivity contribution is 0.512. The van der Waals surface area contributed by atoms with Gasteiger partial charge in [-0.3, -0.25) is 4.72 Å². The van der Waals surface area contributed by atoms with Gasteiger partial charge in [-0.15, -0.1) is 0 Å². The maximum absolute atomic E-state index is 14.3. The summed E-state index contributed by atoms with van der Waals surface area (Å²) in [5, 5.41) is 2.92. The molecule has 0 fully saturated rings. The molecule has 0 heterocycles. The monoisotopic (exact) mass is 516 g/mol. The first-order valence-corrected chi connectivity index (χ1v) is 10.3. The van der Waals surface area contributed by atoms with E-state index in [4.69, 9.17) is 17.3 Å². The quantitative estimate of drug-likeness (QED) is 0.319. The highest BCUT2D eigenvalue weighted by Gasteiger charge is 2.19. The Morgan fingerprint density at radius 3 is 2.50 bits per heavy atom. The molecule has 11 heteroatoms. The van der Waals surface area contributed by atoms with Crippen LogP contribution in [0.25, 0.3) is 0 Å². The van der Waals surface area contributed by atoms with E-state index in [9.17, 15) is 17.2 Å². The van der Waals surface area contributed by atoms with Gasteiger partial charge in [0.2, 0.25) is 0 Å². The number of anilines is 3. The summed E-state index contributed by atoms with van der Waals surface area (Å²) < 4.78 is 57.3. The van der Waals surface area contributed by atoms with E-state index < -0.39 is 21.8 Å². The highest BCUT2D eigenvalue weighted by molar-refractivity contribution is 14.1. The Hall–Kier alpha value is -1.21. The van der Waals surface area contributed by atoms with Gasteiger partial charge in [0, 0.05) is 10.1 Å². The fourth-order valence-corrected chi connectivity index (χ4v) is 3.82. The predicted molar refractivity (Wildman–Crippen MR) is 108 cm³/mol. The molecule has 0 saturated carbocycles. The van der Waals surface area contributed by atoms with Crippen molar-refractivity contribution in [2.45, 2.75) is 6.42 Å². The SMILES string of the molecule is NCCCNS(=O)(=O)Nc1ccc(F)c(F)c1Nc1ccc(I)cc1Cl. The molecule has 0 atom stereocenters. The average Bonchev–Trinajstić information content (AvgIpc) is 2.56. The zero-order chi connectivity index (χ0) is 19.3. The van der Waals surface area contributed by atoms with E-state index in [1.165, 1.54) is 0 Å². The lowest BCUT2D eigenvalue weighted by Gasteiger charge is -2.16. The molecule has 142 valence electrons. The van der Waals surface area contributed by atoms with Crippen molar-refractivity contribution in [3.05, 3.63) is 50.6 Å². The molecular formula is C15H16ClF2IN4O2S. The molecule has 0 aliphatic heterocycles. The fraction of sp³-hybridized carbons (Fsp3) is 0.200. The summed E-state index contributed by atoms with van der Waals surface area (Å²) in [5.41, 5.74) is 5.07. The molecule has 0 radical (unpaired) electrons. The smallest absolute Gasteiger partial charge is 0.299 e. The minimum Gasteiger partial charge on any atom is -0.350 e. The molecule has 0 amide bonds. The molecular weight excluding hydrogens is 501 g/mol. The molecule has 6 nitrogen and oxygen atoms in total. The number of nitrogens with two attached hydrogens (primary N) is 1. The van der Waals surface area contributed by atoms with Gasteiger partial charge in [-0.05, 0) is 65.9 Å². The molecule has 2 aromatic rings. The predicted octanol–water partition coefficient (Wildman–Crippen LogP) is 3.56. The maximum atomic E-state index is 14.3. The van der Waals surface area contributed by atoms with Crippen LogP contribution in [0.4, 0.5) is 25.8 Å². The van der Waals surface area contributed by atoms with E-state index >= 15 is 0 Å². The molecule has 0 unspecified atom stereocenters. The van der Waals surface area contributed by atoms with Crippen molar-refractivity contribution in [1.82, 2.24) is 4.72 Å². The first-order chi connectivity index (χ1) is 12.2. The summed E-state index contributed by atoms with van der Waals surface area (Å²) in [4.78, 5) is 0. The van der Waals surface area contributed by atoms with Crippen LogP contribution in [0.5, 0.6) is 0 Å². The van der Waals surface area contributed by atoms with Crippen LogP contribution in [0.15, 0.2) is 30.3 Å². The summed E-state index contributed by atoms with van der Waals surface area (Å²) in [7, 11) is -3.99. The lowest BCUT2D eigenvalue weighted by Crippen LogP contribution is -2.32. The Labute approximate surface area is 168 Å². The third-order valence-corrected chi connectivity index (χ3v) is 5.26. The first kappa shape index (κ1) is 21.1. The molecule has 26 heavy (non-hydrogen) atoms. The van der Waals surface area contributed by atoms with Crippen LogP contribution in [-0.4, -0.2) is 21.5 Å². The minimum atomic E-state index is -3.99. The van der Waals surface area contributed by atoms with Gasteiger partial charge in [-0.2, -0.15) is 13.1 Å². The van der Waals surface area contributed by atoms with E-state index in [-0.39, 0.29) is 22.9 Å². The standard InChI is InChI=1S/C15H16ClF2IN4O2S/c16-10-8-9(19)2-4-12(10)22-15-13(5-3-11(17)14(15)18)23-26(24,25)21-7-1-6-20/h2-5,8,21-23H,1,6-7,20H2. The van der Waals surface area contributed by atoms with Crippen LogP contribution in [0.1, 0.15) is 6.42 Å². The average molecular weight is 517 g/mol. The van der Waals surface area contributed by atoms with Crippen molar-refractivity contribution < 1.29 is 17.2 Å². The van der Waals surface area contributed by atoms with Crippen molar-refractivity contribution >= 4 is 61.5 Å². The highest BCUT2D eigenvalue weighted by atomic mass is 127. The summed E-state index contributed by atoms with van der Waals surface area (Å²) in [5.74, 6) is -2.37. The lowest BCUT2D eigenvalue weighted by atomic mass is 10.2. The van der Waals surface area contributed by atoms with Gasteiger partial charge in [0.25, 0.3) is 10.2 Å². The number of nitrogens with one attached hydrogen (secondary N) is 3. The van der Waals surface area contributed by atoms with E-state index in [1.807, 2.05) is 0 Å². The van der Waals surface area contributed by atoms with E-state index in [1.54, 1.807) is 18.2 Å². The zero-order valence-electron chi connectivity index (χ0n) is 13.3. The molecule has 0 aromatic heterocycles. The van der Waals surface area contributed by atoms with Crippen molar-refractivity contribution in [2.24, 2.45) is 5.73 Å². The maximum Gasteiger partial charge on any atom is 0.299 e. The van der Waals surface area contributed by atoms with Gasteiger partial charge >= 0.3 is 0 Å². The minimum absolute atomic E-state index is 0.112. The van der Waals surface area contributed by atoms with Crippen molar-refractivity contribution in [1.29, 1.82) is 0 Å². The number of hydrogen-bond acceptors (Lipinski definition) is 4. The van der Waals surface area contributed by atoms with Crippen LogP contribution in [-0.2, 0) is 10.2 Å². The Balaban J connectivity index is 2.34. The third kappa shape index (κ3) is 5.64. The van der Waals surface area contributed by atoms with Gasteiger partial charge in [-0.25, -0.2) is 8.78 Å². The number of hydrogen-bond donors (Lipinski definition) is 4. The van der Waals surface area contributed by atoms with Gasteiger partial charge in [0.1, 0.15) is 5.69 Å². The number of halogens is 4. The largest absolute Gasteiger partial charge is 0.350 e. The van der Waals surface area contributed by atoms with Crippen LogP contribution in [0.3, 0.4) is 0 Å². The molecule has 0 spiro atoms. The van der Waals surface area contributed by atoms with Crippen LogP contribution in [0.2, 0.25) is 5.02 Å². The highest BCUT2D eigenvalue weighted by Crippen LogP contribution is 2.34. The third-order valence-electron chi connectivity index (χ3n) is 3.20. The van der Waals surface area contributed by atoms with E-state index in [0.717, 1.165) is 15.7 Å². The second kappa shape index (κ2) is 9.13. The van der Waals surface area contributed by atoms with E-state index in [0.29, 0.717) is 18.7 Å². The fourth-order valence-electron chi connectivity index (χ4n) is 1.97. The Morgan fingerprint density at radius 2 is 1.85 bits per heavy atom. The number of benzene rings is 2. The number of rotatable bonds is 8. The molecule has 2 rings (SSSR count). The van der Waals surface area contributed by atoms with Gasteiger partial charge < -0.3 is 11.1 Å². The Bertz CT molecular complexity index is 899. The van der Waals surface area contributed by atoms with E-state index in [2.05, 4.69) is 37.4 Å². The summed E-state index contributed by atoms with van der Waals surface area (Å²) in [6.45, 7) is 0.424. The Kier molecular flexibility index (Phi) is 7.41. The van der Waals surface area contributed by atoms with Crippen LogP contribution < -0.4 is 20.5 Å². The summed E-state index contributed by atoms with van der Waals surface area (Å²) >= 11 is 8.15. The van der Waals surface area contributed by atoms with Crippen molar-refractivity contribution in [3.8, 4) is 0 Å². The molecule has 0 saturated heterocycles. The van der Waals surface area contributed by atoms with Gasteiger partial charge in [0.15, 0.2) is 11.6 Å². The van der Waals surface area contributed by atoms with Gasteiger partial charge in [0.05, 0.1) is 16.4 Å². The molecule has 5 N–H and O–H groups in total. The van der Waals surface area contributed by atoms with Crippen molar-refractivity contribution in [2.75, 3.05) is 23.1 Å². The second-order valence-electron chi connectivity index (χ2n) is 5.18. The molecule has 0 bridgehead atoms.